The quantitative estimate of drug-likeness (QED) is 0.231. The van der Waals surface area contributed by atoms with Crippen molar-refractivity contribution in [3.8, 4) is 0 Å². The van der Waals surface area contributed by atoms with Gasteiger partial charge in [0.2, 0.25) is 0 Å². The Morgan fingerprint density at radius 2 is 1.62 bits per heavy atom. The van der Waals surface area contributed by atoms with Gasteiger partial charge in [-0.3, -0.25) is 8.42 Å². The Morgan fingerprint density at radius 1 is 1.25 bits per heavy atom. The Kier molecular flexibility index (Phi) is 14.9. The molecule has 0 fully saturated rings. The Balaban J connectivity index is -0.000000242. The Hall–Kier alpha value is -0.221. The number of hydrogen-bond donors (Lipinski definition) is 2. The molecular weight excluding hydrogens is 284 g/mol. The normalized spacial score (nSPS) is 11.8. The van der Waals surface area contributed by atoms with E-state index in [1.54, 1.807) is 0 Å². The number of nitrogens with two attached hydrogens (primary N) is 2. The molecule has 0 amide bonds. The van der Waals surface area contributed by atoms with Crippen LogP contribution in [0, 0.1) is 0 Å². The SMILES string of the molecule is NCCCCC(N)C(=O)[O-].O=S(=O)([O-])[O-].[Fe+3]. The number of hydrogen-bond acceptors (Lipinski definition) is 8. The van der Waals surface area contributed by atoms with Gasteiger partial charge in [-0.25, -0.2) is 0 Å². The van der Waals surface area contributed by atoms with Gasteiger partial charge >= 0.3 is 17.1 Å². The summed E-state index contributed by atoms with van der Waals surface area (Å²) < 4.78 is 34.1. The molecule has 1 atom stereocenters. The van der Waals surface area contributed by atoms with Crippen LogP contribution in [-0.2, 0) is 32.3 Å². The number of carboxylic acids is 1. The topological polar surface area (TPSA) is 172 Å². The van der Waals surface area contributed by atoms with Gasteiger partial charge in [-0.15, -0.1) is 0 Å². The smallest absolute Gasteiger partial charge is 0.759 e. The van der Waals surface area contributed by atoms with E-state index in [2.05, 4.69) is 0 Å². The van der Waals surface area contributed by atoms with Crippen molar-refractivity contribution in [3.05, 3.63) is 0 Å². The van der Waals surface area contributed by atoms with Gasteiger partial charge in [-0.2, -0.15) is 0 Å². The fourth-order valence-corrected chi connectivity index (χ4v) is 0.626. The van der Waals surface area contributed by atoms with Crippen LogP contribution in [0.5, 0.6) is 0 Å². The molecule has 0 aromatic heterocycles. The van der Waals surface area contributed by atoms with Crippen molar-refractivity contribution in [2.45, 2.75) is 25.3 Å². The average molecular weight is 297 g/mol. The fourth-order valence-electron chi connectivity index (χ4n) is 0.626. The van der Waals surface area contributed by atoms with E-state index < -0.39 is 22.4 Å². The molecule has 0 aromatic carbocycles. The molecule has 97 valence electrons. The molecule has 0 spiro atoms. The molecule has 0 saturated carbocycles. The number of unbranched alkanes of at least 4 members (excludes halogenated alkanes) is 1. The first-order valence-electron chi connectivity index (χ1n) is 4.01. The van der Waals surface area contributed by atoms with Crippen molar-refractivity contribution in [2.24, 2.45) is 11.5 Å². The van der Waals surface area contributed by atoms with E-state index in [9.17, 15) is 9.90 Å². The summed E-state index contributed by atoms with van der Waals surface area (Å²) in [4.78, 5) is 10.0. The molecule has 0 aliphatic heterocycles. The van der Waals surface area contributed by atoms with Crippen molar-refractivity contribution in [2.75, 3.05) is 6.54 Å². The summed E-state index contributed by atoms with van der Waals surface area (Å²) in [6.07, 6.45) is 2.03. The van der Waals surface area contributed by atoms with Crippen LogP contribution in [-0.4, -0.2) is 36.1 Å². The second kappa shape index (κ2) is 11.3. The van der Waals surface area contributed by atoms with Crippen LogP contribution >= 0.6 is 0 Å². The molecule has 0 aromatic rings. The van der Waals surface area contributed by atoms with Gasteiger partial charge in [0.15, 0.2) is 0 Å². The van der Waals surface area contributed by atoms with Gasteiger partial charge in [-0.1, -0.05) is 6.42 Å². The van der Waals surface area contributed by atoms with Crippen LogP contribution in [0.3, 0.4) is 0 Å². The number of carbonyl (C=O) groups excluding carboxylic acids is 1. The molecule has 0 heterocycles. The zero-order valence-electron chi connectivity index (χ0n) is 8.27. The largest absolute Gasteiger partial charge is 3.00 e. The maximum atomic E-state index is 10.0. The minimum absolute atomic E-state index is 0. The predicted octanol–water partition coefficient (Wildman–Crippen LogP) is -3.15. The molecule has 0 aliphatic carbocycles. The van der Waals surface area contributed by atoms with Crippen molar-refractivity contribution in [1.82, 2.24) is 0 Å². The molecule has 16 heavy (non-hydrogen) atoms. The number of carbonyl (C=O) groups is 1. The van der Waals surface area contributed by atoms with E-state index in [0.29, 0.717) is 13.0 Å². The maximum absolute atomic E-state index is 10.0. The Labute approximate surface area is 104 Å². The van der Waals surface area contributed by atoms with Crippen LogP contribution in [0.4, 0.5) is 0 Å². The second-order valence-corrected chi connectivity index (χ2v) is 3.43. The first kappa shape index (κ1) is 21.1. The van der Waals surface area contributed by atoms with E-state index >= 15 is 0 Å². The summed E-state index contributed by atoms with van der Waals surface area (Å²) in [6.45, 7) is 0.583. The molecular formula is C6H13FeN2O6S. The summed E-state index contributed by atoms with van der Waals surface area (Å²) in [5.74, 6) is -1.18. The van der Waals surface area contributed by atoms with Gasteiger partial charge in [0.25, 0.3) is 0 Å². The van der Waals surface area contributed by atoms with Gasteiger partial charge in [0.1, 0.15) is 0 Å². The zero-order chi connectivity index (χ0) is 12.5. The third-order valence-corrected chi connectivity index (χ3v) is 1.27. The molecule has 0 aliphatic rings. The van der Waals surface area contributed by atoms with Crippen LogP contribution in [0.1, 0.15) is 19.3 Å². The van der Waals surface area contributed by atoms with Crippen molar-refractivity contribution in [1.29, 1.82) is 0 Å². The summed E-state index contributed by atoms with van der Waals surface area (Å²) in [7, 11) is -5.17. The molecule has 1 unspecified atom stereocenters. The van der Waals surface area contributed by atoms with Crippen LogP contribution in [0.15, 0.2) is 0 Å². The first-order chi connectivity index (χ1) is 6.68. The second-order valence-electron chi connectivity index (χ2n) is 2.62. The van der Waals surface area contributed by atoms with E-state index in [1.807, 2.05) is 0 Å². The molecule has 4 N–H and O–H groups in total. The zero-order valence-corrected chi connectivity index (χ0v) is 10.2. The molecule has 0 saturated heterocycles. The molecule has 8 nitrogen and oxygen atoms in total. The number of carboxylic acid groups (broad SMARTS) is 1. The van der Waals surface area contributed by atoms with Gasteiger partial charge in [-0.05, 0) is 19.4 Å². The summed E-state index contributed by atoms with van der Waals surface area (Å²) in [5.41, 5.74) is 10.3. The summed E-state index contributed by atoms with van der Waals surface area (Å²) in [5, 5.41) is 10.0. The molecule has 1 radical (unpaired) electrons. The van der Waals surface area contributed by atoms with Crippen molar-refractivity contribution < 1.29 is 44.5 Å². The molecule has 10 heteroatoms. The van der Waals surface area contributed by atoms with E-state index in [1.165, 1.54) is 0 Å². The van der Waals surface area contributed by atoms with E-state index in [0.717, 1.165) is 12.8 Å². The minimum Gasteiger partial charge on any atom is -0.759 e. The standard InChI is InChI=1S/C6H14N2O2.Fe.H2O4S/c7-4-2-1-3-5(8)6(9)10;;1-5(2,3)4/h5H,1-4,7-8H2,(H,9,10);;(H2,1,2,3,4)/q;+3;/p-3. The van der Waals surface area contributed by atoms with Crippen molar-refractivity contribution in [3.63, 3.8) is 0 Å². The fraction of sp³-hybridized carbons (Fsp3) is 0.833. The first-order valence-corrected chi connectivity index (χ1v) is 5.35. The third-order valence-electron chi connectivity index (χ3n) is 1.27. The van der Waals surface area contributed by atoms with Gasteiger partial charge in [0, 0.05) is 16.4 Å². The monoisotopic (exact) mass is 297 g/mol. The van der Waals surface area contributed by atoms with Gasteiger partial charge < -0.3 is 30.5 Å². The Morgan fingerprint density at radius 3 is 1.88 bits per heavy atom. The van der Waals surface area contributed by atoms with Crippen LogP contribution in [0.25, 0.3) is 0 Å². The Bertz CT molecular complexity index is 262. The van der Waals surface area contributed by atoms with Gasteiger partial charge in [0.05, 0.1) is 5.97 Å². The van der Waals surface area contributed by atoms with E-state index in [-0.39, 0.29) is 17.1 Å². The number of aliphatic carboxylic acids is 1. The summed E-state index contributed by atoms with van der Waals surface area (Å²) >= 11 is 0. The van der Waals surface area contributed by atoms with E-state index in [4.69, 9.17) is 29.0 Å². The predicted molar refractivity (Wildman–Crippen MR) is 46.4 cm³/mol. The van der Waals surface area contributed by atoms with Crippen LogP contribution < -0.4 is 16.6 Å². The van der Waals surface area contributed by atoms with Crippen LogP contribution in [0.2, 0.25) is 0 Å². The maximum Gasteiger partial charge on any atom is 3.00 e. The summed E-state index contributed by atoms with van der Waals surface area (Å²) in [6, 6.07) is -0.827. The third kappa shape index (κ3) is 29.2. The molecule has 0 rings (SSSR count). The average Bonchev–Trinajstić information content (AvgIpc) is 2.01. The minimum atomic E-state index is -5.17. The molecule has 0 bridgehead atoms. The number of rotatable bonds is 5. The van der Waals surface area contributed by atoms with Crippen molar-refractivity contribution >= 4 is 16.4 Å².